The molecule has 0 aliphatic carbocycles. The number of amides is 1. The van der Waals surface area contributed by atoms with E-state index in [0.29, 0.717) is 10.7 Å². The maximum Gasteiger partial charge on any atom is 0.257 e. The van der Waals surface area contributed by atoms with E-state index in [4.69, 9.17) is 0 Å². The van der Waals surface area contributed by atoms with Gasteiger partial charge in [-0.15, -0.1) is 10.2 Å². The molecular formula is C14H9IN4OS. The summed E-state index contributed by atoms with van der Waals surface area (Å²) in [5.41, 5.74) is 1.47. The van der Waals surface area contributed by atoms with Crippen molar-refractivity contribution in [3.05, 3.63) is 57.9 Å². The predicted molar refractivity (Wildman–Crippen MR) is 90.3 cm³/mol. The standard InChI is InChI=1S/C14H9IN4OS/c15-11-5-3-9(4-6-11)12(20)17-14-19-18-13(21-14)10-2-1-7-16-8-10/h1-8H,(H,17,19,20). The quantitative estimate of drug-likeness (QED) is 0.675. The highest BCUT2D eigenvalue weighted by atomic mass is 127. The van der Waals surface area contributed by atoms with Gasteiger partial charge in [0.25, 0.3) is 5.91 Å². The first-order valence-corrected chi connectivity index (χ1v) is 7.93. The number of aromatic nitrogens is 3. The van der Waals surface area contributed by atoms with E-state index in [0.717, 1.165) is 14.1 Å². The summed E-state index contributed by atoms with van der Waals surface area (Å²) in [6, 6.07) is 11.1. The molecule has 1 N–H and O–H groups in total. The number of hydrogen-bond acceptors (Lipinski definition) is 5. The normalized spacial score (nSPS) is 10.3. The van der Waals surface area contributed by atoms with Crippen LogP contribution < -0.4 is 5.32 Å². The lowest BCUT2D eigenvalue weighted by Crippen LogP contribution is -2.11. The van der Waals surface area contributed by atoms with Gasteiger partial charge in [-0.1, -0.05) is 11.3 Å². The number of hydrogen-bond donors (Lipinski definition) is 1. The molecule has 0 saturated heterocycles. The molecule has 3 rings (SSSR count). The number of pyridine rings is 1. The molecule has 2 aromatic heterocycles. The maximum atomic E-state index is 12.1. The molecule has 21 heavy (non-hydrogen) atoms. The number of rotatable bonds is 3. The fraction of sp³-hybridized carbons (Fsp3) is 0. The van der Waals surface area contributed by atoms with Gasteiger partial charge < -0.3 is 0 Å². The van der Waals surface area contributed by atoms with E-state index in [9.17, 15) is 4.79 Å². The van der Waals surface area contributed by atoms with Crippen molar-refractivity contribution >= 4 is 45.0 Å². The minimum atomic E-state index is -0.194. The predicted octanol–water partition coefficient (Wildman–Crippen LogP) is 3.46. The Morgan fingerprint density at radius 3 is 2.67 bits per heavy atom. The molecule has 104 valence electrons. The first kappa shape index (κ1) is 14.1. The summed E-state index contributed by atoms with van der Waals surface area (Å²) < 4.78 is 1.08. The fourth-order valence-corrected chi connectivity index (χ4v) is 2.74. The van der Waals surface area contributed by atoms with Crippen molar-refractivity contribution in [1.82, 2.24) is 15.2 Å². The lowest BCUT2D eigenvalue weighted by Gasteiger charge is -2.00. The number of halogens is 1. The molecule has 5 nitrogen and oxygen atoms in total. The van der Waals surface area contributed by atoms with Crippen molar-refractivity contribution in [3.63, 3.8) is 0 Å². The summed E-state index contributed by atoms with van der Waals surface area (Å²) in [4.78, 5) is 16.1. The third kappa shape index (κ3) is 3.42. The van der Waals surface area contributed by atoms with E-state index < -0.39 is 0 Å². The summed E-state index contributed by atoms with van der Waals surface area (Å²) in [5, 5.41) is 12.0. The van der Waals surface area contributed by atoms with E-state index in [1.54, 1.807) is 24.5 Å². The highest BCUT2D eigenvalue weighted by Gasteiger charge is 2.11. The van der Waals surface area contributed by atoms with Crippen LogP contribution in [-0.2, 0) is 0 Å². The van der Waals surface area contributed by atoms with Crippen LogP contribution in [0.1, 0.15) is 10.4 Å². The minimum absolute atomic E-state index is 0.194. The molecule has 1 aromatic carbocycles. The zero-order valence-corrected chi connectivity index (χ0v) is 13.6. The summed E-state index contributed by atoms with van der Waals surface area (Å²) in [5.74, 6) is -0.194. The molecule has 0 aliphatic heterocycles. The Balaban J connectivity index is 1.75. The van der Waals surface area contributed by atoms with Gasteiger partial charge in [-0.2, -0.15) is 0 Å². The van der Waals surface area contributed by atoms with Crippen molar-refractivity contribution in [2.24, 2.45) is 0 Å². The van der Waals surface area contributed by atoms with Crippen LogP contribution in [0.2, 0.25) is 0 Å². The van der Waals surface area contributed by atoms with Crippen LogP contribution in [0.5, 0.6) is 0 Å². The number of anilines is 1. The Bertz CT molecular complexity index is 758. The molecule has 0 unspecified atom stereocenters. The van der Waals surface area contributed by atoms with E-state index in [-0.39, 0.29) is 5.91 Å². The molecule has 0 aliphatic rings. The van der Waals surface area contributed by atoms with E-state index in [2.05, 4.69) is 43.1 Å². The molecule has 0 spiro atoms. The Labute approximate surface area is 138 Å². The van der Waals surface area contributed by atoms with E-state index >= 15 is 0 Å². The molecule has 0 radical (unpaired) electrons. The van der Waals surface area contributed by atoms with Crippen LogP contribution in [0.25, 0.3) is 10.6 Å². The van der Waals surface area contributed by atoms with Crippen molar-refractivity contribution in [3.8, 4) is 10.6 Å². The average Bonchev–Trinajstić information content (AvgIpc) is 2.97. The van der Waals surface area contributed by atoms with Crippen molar-refractivity contribution in [2.45, 2.75) is 0 Å². The zero-order valence-electron chi connectivity index (χ0n) is 10.7. The second-order valence-electron chi connectivity index (χ2n) is 4.12. The Morgan fingerprint density at radius 1 is 1.14 bits per heavy atom. The smallest absolute Gasteiger partial charge is 0.257 e. The van der Waals surface area contributed by atoms with Gasteiger partial charge in [0, 0.05) is 27.1 Å². The van der Waals surface area contributed by atoms with E-state index in [1.807, 2.05) is 24.3 Å². The largest absolute Gasteiger partial charge is 0.296 e. The third-order valence-electron chi connectivity index (χ3n) is 2.66. The zero-order chi connectivity index (χ0) is 14.7. The third-order valence-corrected chi connectivity index (χ3v) is 4.27. The van der Waals surface area contributed by atoms with Crippen molar-refractivity contribution in [2.75, 3.05) is 5.32 Å². The van der Waals surface area contributed by atoms with Crippen LogP contribution in [-0.4, -0.2) is 21.1 Å². The molecule has 1 amide bonds. The highest BCUT2D eigenvalue weighted by Crippen LogP contribution is 2.25. The lowest BCUT2D eigenvalue weighted by molar-refractivity contribution is 0.102. The summed E-state index contributed by atoms with van der Waals surface area (Å²) in [6.07, 6.45) is 3.41. The highest BCUT2D eigenvalue weighted by molar-refractivity contribution is 14.1. The maximum absolute atomic E-state index is 12.1. The summed E-state index contributed by atoms with van der Waals surface area (Å²) in [6.45, 7) is 0. The molecule has 7 heteroatoms. The Morgan fingerprint density at radius 2 is 1.95 bits per heavy atom. The fourth-order valence-electron chi connectivity index (χ4n) is 1.65. The molecule has 0 saturated carbocycles. The Kier molecular flexibility index (Phi) is 4.20. The molecule has 2 heterocycles. The van der Waals surface area contributed by atoms with E-state index in [1.165, 1.54) is 11.3 Å². The van der Waals surface area contributed by atoms with Gasteiger partial charge in [0.05, 0.1) is 0 Å². The first-order valence-electron chi connectivity index (χ1n) is 6.03. The molecule has 0 bridgehead atoms. The monoisotopic (exact) mass is 408 g/mol. The number of nitrogens with zero attached hydrogens (tertiary/aromatic N) is 3. The van der Waals surface area contributed by atoms with Crippen LogP contribution in [0.4, 0.5) is 5.13 Å². The number of carbonyl (C=O) groups excluding carboxylic acids is 1. The minimum Gasteiger partial charge on any atom is -0.296 e. The van der Waals surface area contributed by atoms with Gasteiger partial charge in [0.15, 0.2) is 5.01 Å². The van der Waals surface area contributed by atoms with Crippen molar-refractivity contribution in [1.29, 1.82) is 0 Å². The van der Waals surface area contributed by atoms with Gasteiger partial charge in [-0.05, 0) is 59.0 Å². The SMILES string of the molecule is O=C(Nc1nnc(-c2cccnc2)s1)c1ccc(I)cc1. The van der Waals surface area contributed by atoms with Gasteiger partial charge >= 0.3 is 0 Å². The van der Waals surface area contributed by atoms with Crippen LogP contribution >= 0.6 is 33.9 Å². The van der Waals surface area contributed by atoms with Gasteiger partial charge in [0.1, 0.15) is 0 Å². The van der Waals surface area contributed by atoms with Crippen LogP contribution in [0, 0.1) is 3.57 Å². The topological polar surface area (TPSA) is 67.8 Å². The average molecular weight is 408 g/mol. The van der Waals surface area contributed by atoms with Crippen molar-refractivity contribution < 1.29 is 4.79 Å². The van der Waals surface area contributed by atoms with Gasteiger partial charge in [0.2, 0.25) is 5.13 Å². The van der Waals surface area contributed by atoms with Crippen LogP contribution in [0.15, 0.2) is 48.8 Å². The lowest BCUT2D eigenvalue weighted by atomic mass is 10.2. The van der Waals surface area contributed by atoms with Gasteiger partial charge in [-0.25, -0.2) is 0 Å². The molecule has 0 atom stereocenters. The van der Waals surface area contributed by atoms with Gasteiger partial charge in [-0.3, -0.25) is 15.1 Å². The second-order valence-corrected chi connectivity index (χ2v) is 6.34. The number of benzene rings is 1. The Hall–Kier alpha value is -1.87. The number of nitrogens with one attached hydrogen (secondary N) is 1. The summed E-state index contributed by atoms with van der Waals surface area (Å²) >= 11 is 3.51. The molecule has 3 aromatic rings. The first-order chi connectivity index (χ1) is 10.2. The van der Waals surface area contributed by atoms with Crippen LogP contribution in [0.3, 0.4) is 0 Å². The number of carbonyl (C=O) groups is 1. The molecule has 0 fully saturated rings. The molecular weight excluding hydrogens is 399 g/mol. The second kappa shape index (κ2) is 6.27. The summed E-state index contributed by atoms with van der Waals surface area (Å²) in [7, 11) is 0.